The maximum absolute atomic E-state index is 12.4. The first-order valence-corrected chi connectivity index (χ1v) is 7.73. The molecule has 0 aromatic heterocycles. The fourth-order valence-corrected chi connectivity index (χ4v) is 3.09. The van der Waals surface area contributed by atoms with Crippen LogP contribution in [0.5, 0.6) is 0 Å². The van der Waals surface area contributed by atoms with Gasteiger partial charge in [-0.25, -0.2) is 0 Å². The van der Waals surface area contributed by atoms with Crippen LogP contribution < -0.4 is 0 Å². The molecule has 0 N–H and O–H groups in total. The predicted octanol–water partition coefficient (Wildman–Crippen LogP) is 3.93. The van der Waals surface area contributed by atoms with E-state index in [1.54, 1.807) is 0 Å². The van der Waals surface area contributed by atoms with E-state index < -0.39 is 0 Å². The van der Waals surface area contributed by atoms with E-state index in [1.807, 2.05) is 23.1 Å². The molecule has 0 radical (unpaired) electrons. The molecule has 1 aliphatic rings. The van der Waals surface area contributed by atoms with Crippen molar-refractivity contribution < 1.29 is 4.79 Å². The minimum absolute atomic E-state index is 0.159. The fourth-order valence-electron chi connectivity index (χ4n) is 2.18. The number of hydrogen-bond donors (Lipinski definition) is 0. The topological polar surface area (TPSA) is 20.3 Å². The molecule has 1 aliphatic heterocycles. The molecule has 0 saturated carbocycles. The van der Waals surface area contributed by atoms with Crippen molar-refractivity contribution in [2.45, 2.75) is 19.8 Å². The first kappa shape index (κ1) is 13.3. The highest BCUT2D eigenvalue weighted by molar-refractivity contribution is 14.1. The van der Waals surface area contributed by atoms with Crippen LogP contribution >= 0.6 is 38.5 Å². The number of rotatable bonds is 2. The van der Waals surface area contributed by atoms with Crippen LogP contribution in [0.15, 0.2) is 22.7 Å². The van der Waals surface area contributed by atoms with E-state index in [0.717, 1.165) is 39.5 Å². The Balaban J connectivity index is 2.17. The molecule has 1 aromatic rings. The second-order valence-corrected chi connectivity index (χ2v) is 6.54. The van der Waals surface area contributed by atoms with Crippen LogP contribution in [0.2, 0.25) is 0 Å². The molecule has 0 bridgehead atoms. The lowest BCUT2D eigenvalue weighted by molar-refractivity contribution is 0.0786. The van der Waals surface area contributed by atoms with Crippen LogP contribution in [0.4, 0.5) is 0 Å². The highest BCUT2D eigenvalue weighted by Gasteiger charge is 2.26. The minimum atomic E-state index is 0.159. The molecule has 2 rings (SSSR count). The van der Waals surface area contributed by atoms with Gasteiger partial charge in [0.15, 0.2) is 0 Å². The van der Waals surface area contributed by atoms with Gasteiger partial charge in [0.1, 0.15) is 0 Å². The van der Waals surface area contributed by atoms with E-state index in [4.69, 9.17) is 0 Å². The van der Waals surface area contributed by atoms with Crippen molar-refractivity contribution in [3.05, 3.63) is 31.8 Å². The molecule has 92 valence electrons. The second-order valence-electron chi connectivity index (χ2n) is 4.44. The molecule has 1 saturated heterocycles. The van der Waals surface area contributed by atoms with E-state index in [0.29, 0.717) is 5.92 Å². The van der Waals surface area contributed by atoms with Crippen LogP contribution in [0.25, 0.3) is 0 Å². The fraction of sp³-hybridized carbons (Fsp3) is 0.462. The molecular weight excluding hydrogens is 393 g/mol. The van der Waals surface area contributed by atoms with Gasteiger partial charge in [0.2, 0.25) is 0 Å². The van der Waals surface area contributed by atoms with Crippen molar-refractivity contribution in [2.75, 3.05) is 13.1 Å². The van der Waals surface area contributed by atoms with Gasteiger partial charge in [0.05, 0.1) is 5.56 Å². The van der Waals surface area contributed by atoms with Gasteiger partial charge in [-0.15, -0.1) is 0 Å². The van der Waals surface area contributed by atoms with Gasteiger partial charge in [-0.2, -0.15) is 0 Å². The highest BCUT2D eigenvalue weighted by atomic mass is 127. The van der Waals surface area contributed by atoms with Crippen molar-refractivity contribution in [2.24, 2.45) is 5.92 Å². The van der Waals surface area contributed by atoms with Crippen LogP contribution in [0.3, 0.4) is 0 Å². The van der Waals surface area contributed by atoms with Crippen molar-refractivity contribution in [3.8, 4) is 0 Å². The summed E-state index contributed by atoms with van der Waals surface area (Å²) in [6.07, 6.45) is 2.31. The molecule has 0 aliphatic carbocycles. The molecular formula is C13H15BrINO. The van der Waals surface area contributed by atoms with Crippen LogP contribution in [0, 0.1) is 9.49 Å². The molecule has 1 heterocycles. The number of hydrogen-bond acceptors (Lipinski definition) is 1. The minimum Gasteiger partial charge on any atom is -0.338 e. The number of carbonyl (C=O) groups is 1. The summed E-state index contributed by atoms with van der Waals surface area (Å²) in [7, 11) is 0. The van der Waals surface area contributed by atoms with Crippen LogP contribution in [-0.4, -0.2) is 23.9 Å². The summed E-state index contributed by atoms with van der Waals surface area (Å²) >= 11 is 5.70. The number of amides is 1. The zero-order valence-electron chi connectivity index (χ0n) is 9.75. The summed E-state index contributed by atoms with van der Waals surface area (Å²) in [6, 6.07) is 5.90. The van der Waals surface area contributed by atoms with Crippen LogP contribution in [-0.2, 0) is 0 Å². The Kier molecular flexibility index (Phi) is 4.47. The number of carbonyl (C=O) groups excluding carboxylic acids is 1. The summed E-state index contributed by atoms with van der Waals surface area (Å²) < 4.78 is 1.99. The third-order valence-corrected chi connectivity index (χ3v) is 4.67. The molecule has 1 amide bonds. The van der Waals surface area contributed by atoms with E-state index in [-0.39, 0.29) is 5.91 Å². The largest absolute Gasteiger partial charge is 0.338 e. The molecule has 1 unspecified atom stereocenters. The summed E-state index contributed by atoms with van der Waals surface area (Å²) in [4.78, 5) is 14.4. The third-order valence-electron chi connectivity index (χ3n) is 3.31. The van der Waals surface area contributed by atoms with Crippen molar-refractivity contribution >= 4 is 44.4 Å². The average molecular weight is 408 g/mol. The third kappa shape index (κ3) is 3.02. The highest BCUT2D eigenvalue weighted by Crippen LogP contribution is 2.25. The molecule has 17 heavy (non-hydrogen) atoms. The summed E-state index contributed by atoms with van der Waals surface area (Å²) in [5.41, 5.74) is 0.786. The van der Waals surface area contributed by atoms with Gasteiger partial charge in [0.25, 0.3) is 5.91 Å². The Bertz CT molecular complexity index is 435. The quantitative estimate of drug-likeness (QED) is 0.680. The van der Waals surface area contributed by atoms with E-state index in [1.165, 1.54) is 0 Å². The van der Waals surface area contributed by atoms with Crippen molar-refractivity contribution in [3.63, 3.8) is 0 Å². The number of halogens is 2. The van der Waals surface area contributed by atoms with Gasteiger partial charge >= 0.3 is 0 Å². The zero-order chi connectivity index (χ0) is 12.4. The molecule has 1 fully saturated rings. The Morgan fingerprint density at radius 1 is 1.59 bits per heavy atom. The summed E-state index contributed by atoms with van der Waals surface area (Å²) in [5.74, 6) is 0.840. The Morgan fingerprint density at radius 2 is 2.35 bits per heavy atom. The average Bonchev–Trinajstić information content (AvgIpc) is 2.80. The first-order chi connectivity index (χ1) is 8.11. The Morgan fingerprint density at radius 3 is 3.00 bits per heavy atom. The van der Waals surface area contributed by atoms with Gasteiger partial charge in [-0.05, 0) is 69.1 Å². The van der Waals surface area contributed by atoms with Gasteiger partial charge in [0, 0.05) is 21.1 Å². The number of likely N-dealkylation sites (tertiary alicyclic amines) is 1. The molecule has 4 heteroatoms. The maximum atomic E-state index is 12.4. The van der Waals surface area contributed by atoms with Crippen molar-refractivity contribution in [1.29, 1.82) is 0 Å². The molecule has 2 nitrogen and oxygen atoms in total. The monoisotopic (exact) mass is 407 g/mol. The maximum Gasteiger partial charge on any atom is 0.255 e. The molecule has 0 spiro atoms. The lowest BCUT2D eigenvalue weighted by Gasteiger charge is -2.17. The van der Waals surface area contributed by atoms with Gasteiger partial charge < -0.3 is 4.90 Å². The molecule has 1 aromatic carbocycles. The lowest BCUT2D eigenvalue weighted by Crippen LogP contribution is -2.29. The Labute approximate surface area is 124 Å². The summed E-state index contributed by atoms with van der Waals surface area (Å²) in [6.45, 7) is 4.00. The second kappa shape index (κ2) is 5.69. The first-order valence-electron chi connectivity index (χ1n) is 5.86. The summed E-state index contributed by atoms with van der Waals surface area (Å²) in [5, 5.41) is 0. The molecule has 1 atom stereocenters. The predicted molar refractivity (Wildman–Crippen MR) is 81.2 cm³/mol. The van der Waals surface area contributed by atoms with E-state index in [2.05, 4.69) is 45.4 Å². The van der Waals surface area contributed by atoms with Crippen LogP contribution in [0.1, 0.15) is 30.1 Å². The van der Waals surface area contributed by atoms with Gasteiger partial charge in [-0.3, -0.25) is 4.79 Å². The normalized spacial score (nSPS) is 19.7. The van der Waals surface area contributed by atoms with Gasteiger partial charge in [-0.1, -0.05) is 13.3 Å². The Hall–Kier alpha value is -0.100. The standard InChI is InChI=1S/C13H15BrINO/c1-2-9-5-6-16(8-9)13(17)11-7-10(15)3-4-12(11)14/h3-4,7,9H,2,5-6,8H2,1H3. The van der Waals surface area contributed by atoms with E-state index in [9.17, 15) is 4.79 Å². The number of nitrogens with zero attached hydrogens (tertiary/aromatic N) is 1. The lowest BCUT2D eigenvalue weighted by atomic mass is 10.1. The SMILES string of the molecule is CCC1CCN(C(=O)c2cc(I)ccc2Br)C1. The van der Waals surface area contributed by atoms with Crippen molar-refractivity contribution in [1.82, 2.24) is 4.90 Å². The number of benzene rings is 1. The van der Waals surface area contributed by atoms with E-state index >= 15 is 0 Å². The zero-order valence-corrected chi connectivity index (χ0v) is 13.5. The smallest absolute Gasteiger partial charge is 0.255 e.